The molecular formula is C19H15N3O5. The third kappa shape index (κ3) is 4.57. The van der Waals surface area contributed by atoms with Gasteiger partial charge in [-0.15, -0.1) is 0 Å². The van der Waals surface area contributed by atoms with Crippen LogP contribution in [0.15, 0.2) is 72.8 Å². The quantitative estimate of drug-likeness (QED) is 0.471. The number of nitro benzene ring substituents is 2. The number of hydrogen-bond donors (Lipinski definition) is 1. The SMILES string of the molecule is O=[N+]([O-])c1ccc(Oc2ccc(CNc3ccccc3)cc2)c([N+](=O)[O-])c1. The lowest BCUT2D eigenvalue weighted by atomic mass is 10.2. The standard InChI is InChI=1S/C19H15N3O5/c23-21(24)16-8-11-19(18(12-16)22(25)26)27-17-9-6-14(7-10-17)13-20-15-4-2-1-3-5-15/h1-12,20H,13H2. The highest BCUT2D eigenvalue weighted by molar-refractivity contribution is 5.55. The number of nitrogens with one attached hydrogen (secondary N) is 1. The van der Waals surface area contributed by atoms with E-state index in [1.807, 2.05) is 42.5 Å². The number of hydrogen-bond acceptors (Lipinski definition) is 6. The lowest BCUT2D eigenvalue weighted by molar-refractivity contribution is -0.394. The molecule has 136 valence electrons. The molecule has 0 aliphatic heterocycles. The summed E-state index contributed by atoms with van der Waals surface area (Å²) in [6.45, 7) is 0.613. The van der Waals surface area contributed by atoms with Crippen LogP contribution in [-0.2, 0) is 6.54 Å². The lowest BCUT2D eigenvalue weighted by Crippen LogP contribution is -1.99. The van der Waals surface area contributed by atoms with Crippen molar-refractivity contribution >= 4 is 17.1 Å². The summed E-state index contributed by atoms with van der Waals surface area (Å²) in [5.41, 5.74) is 1.18. The van der Waals surface area contributed by atoms with E-state index in [1.54, 1.807) is 12.1 Å². The largest absolute Gasteiger partial charge is 0.450 e. The maximum atomic E-state index is 11.2. The first-order valence-corrected chi connectivity index (χ1v) is 8.01. The fourth-order valence-corrected chi connectivity index (χ4v) is 2.41. The summed E-state index contributed by atoms with van der Waals surface area (Å²) < 4.78 is 5.54. The Morgan fingerprint density at radius 1 is 0.852 bits per heavy atom. The highest BCUT2D eigenvalue weighted by Gasteiger charge is 2.21. The van der Waals surface area contributed by atoms with Gasteiger partial charge < -0.3 is 10.1 Å². The molecule has 1 N–H and O–H groups in total. The molecule has 0 atom stereocenters. The Kier molecular flexibility index (Phi) is 5.27. The minimum Gasteiger partial charge on any atom is -0.450 e. The third-order valence-electron chi connectivity index (χ3n) is 3.77. The van der Waals surface area contributed by atoms with Crippen LogP contribution >= 0.6 is 0 Å². The molecule has 0 radical (unpaired) electrons. The molecular weight excluding hydrogens is 350 g/mol. The highest BCUT2D eigenvalue weighted by atomic mass is 16.6. The number of non-ortho nitro benzene ring substituents is 1. The number of nitrogens with zero attached hydrogens (tertiary/aromatic N) is 2. The first-order chi connectivity index (χ1) is 13.0. The molecule has 0 heterocycles. The third-order valence-corrected chi connectivity index (χ3v) is 3.77. The van der Waals surface area contributed by atoms with Crippen LogP contribution in [0.3, 0.4) is 0 Å². The van der Waals surface area contributed by atoms with E-state index < -0.39 is 15.5 Å². The number of anilines is 1. The Morgan fingerprint density at radius 3 is 2.19 bits per heavy atom. The molecule has 0 aromatic heterocycles. The number of para-hydroxylation sites is 1. The smallest absolute Gasteiger partial charge is 0.318 e. The Morgan fingerprint density at radius 2 is 1.56 bits per heavy atom. The van der Waals surface area contributed by atoms with Crippen molar-refractivity contribution in [3.8, 4) is 11.5 Å². The number of ether oxygens (including phenoxy) is 1. The van der Waals surface area contributed by atoms with E-state index >= 15 is 0 Å². The predicted molar refractivity (Wildman–Crippen MR) is 100 cm³/mol. The summed E-state index contributed by atoms with van der Waals surface area (Å²) in [5, 5.41) is 25.2. The first-order valence-electron chi connectivity index (χ1n) is 8.01. The molecule has 3 rings (SSSR count). The van der Waals surface area contributed by atoms with Crippen LogP contribution in [-0.4, -0.2) is 9.85 Å². The van der Waals surface area contributed by atoms with Crippen molar-refractivity contribution in [1.29, 1.82) is 0 Å². The fraction of sp³-hybridized carbons (Fsp3) is 0.0526. The van der Waals surface area contributed by atoms with Gasteiger partial charge in [-0.2, -0.15) is 0 Å². The minimum atomic E-state index is -0.708. The van der Waals surface area contributed by atoms with Crippen molar-refractivity contribution in [3.05, 3.63) is 98.6 Å². The Hall–Kier alpha value is -3.94. The van der Waals surface area contributed by atoms with Gasteiger partial charge in [0.15, 0.2) is 0 Å². The second-order valence-electron chi connectivity index (χ2n) is 5.63. The van der Waals surface area contributed by atoms with Crippen LogP contribution in [0.2, 0.25) is 0 Å². The molecule has 0 spiro atoms. The topological polar surface area (TPSA) is 108 Å². The molecule has 0 amide bonds. The van der Waals surface area contributed by atoms with Crippen molar-refractivity contribution in [2.45, 2.75) is 6.54 Å². The summed E-state index contributed by atoms with van der Waals surface area (Å²) in [4.78, 5) is 20.5. The molecule has 3 aromatic rings. The van der Waals surface area contributed by atoms with Gasteiger partial charge in [0.2, 0.25) is 5.75 Å². The molecule has 8 nitrogen and oxygen atoms in total. The Bertz CT molecular complexity index is 959. The summed E-state index contributed by atoms with van der Waals surface area (Å²) in [6.07, 6.45) is 0. The van der Waals surface area contributed by atoms with E-state index in [4.69, 9.17) is 4.74 Å². The maximum Gasteiger partial charge on any atom is 0.318 e. The van der Waals surface area contributed by atoms with Gasteiger partial charge in [0, 0.05) is 18.3 Å². The van der Waals surface area contributed by atoms with Crippen LogP contribution in [0.1, 0.15) is 5.56 Å². The first kappa shape index (κ1) is 17.9. The van der Waals surface area contributed by atoms with Gasteiger partial charge in [0.25, 0.3) is 5.69 Å². The lowest BCUT2D eigenvalue weighted by Gasteiger charge is -2.09. The molecule has 0 aliphatic carbocycles. The monoisotopic (exact) mass is 365 g/mol. The van der Waals surface area contributed by atoms with E-state index in [0.717, 1.165) is 17.3 Å². The summed E-state index contributed by atoms with van der Waals surface area (Å²) in [7, 11) is 0. The van der Waals surface area contributed by atoms with Gasteiger partial charge in [-0.25, -0.2) is 0 Å². The van der Waals surface area contributed by atoms with Gasteiger partial charge in [0.05, 0.1) is 15.9 Å². The average molecular weight is 365 g/mol. The second-order valence-corrected chi connectivity index (χ2v) is 5.63. The summed E-state index contributed by atoms with van der Waals surface area (Å²) in [6, 6.07) is 20.1. The van der Waals surface area contributed by atoms with Crippen LogP contribution in [0.5, 0.6) is 11.5 Å². The normalized spacial score (nSPS) is 10.2. The van der Waals surface area contributed by atoms with Crippen molar-refractivity contribution in [1.82, 2.24) is 0 Å². The van der Waals surface area contributed by atoms with Crippen molar-refractivity contribution < 1.29 is 14.6 Å². The zero-order valence-electron chi connectivity index (χ0n) is 14.1. The predicted octanol–water partition coefficient (Wildman–Crippen LogP) is 4.91. The molecule has 0 saturated carbocycles. The van der Waals surface area contributed by atoms with Crippen LogP contribution in [0.25, 0.3) is 0 Å². The number of benzene rings is 3. The zero-order valence-corrected chi connectivity index (χ0v) is 14.1. The second kappa shape index (κ2) is 7.96. The van der Waals surface area contributed by atoms with Crippen molar-refractivity contribution in [3.63, 3.8) is 0 Å². The van der Waals surface area contributed by atoms with Gasteiger partial charge in [-0.3, -0.25) is 20.2 Å². The molecule has 8 heteroatoms. The molecule has 27 heavy (non-hydrogen) atoms. The number of rotatable bonds is 7. The zero-order chi connectivity index (χ0) is 19.2. The van der Waals surface area contributed by atoms with E-state index in [0.29, 0.717) is 12.3 Å². The molecule has 0 unspecified atom stereocenters. The van der Waals surface area contributed by atoms with Gasteiger partial charge in [0.1, 0.15) is 5.75 Å². The summed E-state index contributed by atoms with van der Waals surface area (Å²) >= 11 is 0. The van der Waals surface area contributed by atoms with Crippen molar-refractivity contribution in [2.75, 3.05) is 5.32 Å². The van der Waals surface area contributed by atoms with Crippen LogP contribution in [0.4, 0.5) is 17.1 Å². The molecule has 3 aromatic carbocycles. The molecule has 0 aliphatic rings. The average Bonchev–Trinajstić information content (AvgIpc) is 2.68. The molecule has 0 bridgehead atoms. The van der Waals surface area contributed by atoms with Crippen LogP contribution < -0.4 is 10.1 Å². The Labute approximate surface area is 154 Å². The van der Waals surface area contributed by atoms with E-state index in [2.05, 4.69) is 5.32 Å². The van der Waals surface area contributed by atoms with Gasteiger partial charge in [-0.1, -0.05) is 30.3 Å². The van der Waals surface area contributed by atoms with Gasteiger partial charge in [-0.05, 0) is 35.9 Å². The Balaban J connectivity index is 1.71. The van der Waals surface area contributed by atoms with Crippen molar-refractivity contribution in [2.24, 2.45) is 0 Å². The molecule has 0 saturated heterocycles. The highest BCUT2D eigenvalue weighted by Crippen LogP contribution is 2.34. The number of nitro groups is 2. The van der Waals surface area contributed by atoms with Crippen LogP contribution in [0, 0.1) is 20.2 Å². The van der Waals surface area contributed by atoms with E-state index in [-0.39, 0.29) is 11.4 Å². The summed E-state index contributed by atoms with van der Waals surface area (Å²) in [5.74, 6) is 0.344. The maximum absolute atomic E-state index is 11.2. The van der Waals surface area contributed by atoms with E-state index in [1.165, 1.54) is 12.1 Å². The van der Waals surface area contributed by atoms with E-state index in [9.17, 15) is 20.2 Å². The minimum absolute atomic E-state index is 0.0549. The van der Waals surface area contributed by atoms with Gasteiger partial charge >= 0.3 is 5.69 Å². The molecule has 0 fully saturated rings. The fourth-order valence-electron chi connectivity index (χ4n) is 2.41.